The fourth-order valence-corrected chi connectivity index (χ4v) is 1.91. The first kappa shape index (κ1) is 12.2. The highest BCUT2D eigenvalue weighted by atomic mass is 79.9. The van der Waals surface area contributed by atoms with Crippen molar-refractivity contribution in [1.82, 2.24) is 10.3 Å². The fraction of sp³-hybridized carbons (Fsp3) is 0.154. The summed E-state index contributed by atoms with van der Waals surface area (Å²) in [6, 6.07) is 10.8. The highest BCUT2D eigenvalue weighted by molar-refractivity contribution is 9.10. The van der Waals surface area contributed by atoms with Gasteiger partial charge in [-0.15, -0.1) is 0 Å². The summed E-state index contributed by atoms with van der Waals surface area (Å²) >= 11 is 3.17. The van der Waals surface area contributed by atoms with E-state index < -0.39 is 0 Å². The minimum absolute atomic E-state index is 0.238. The predicted octanol–water partition coefficient (Wildman–Crippen LogP) is 3.27. The van der Waals surface area contributed by atoms with Crippen LogP contribution in [0.3, 0.4) is 0 Å². The number of hydrogen-bond acceptors (Lipinski definition) is 2. The lowest BCUT2D eigenvalue weighted by atomic mass is 10.2. The first-order valence-corrected chi connectivity index (χ1v) is 6.09. The van der Waals surface area contributed by atoms with Crippen LogP contribution < -0.4 is 5.32 Å². The third-order valence-corrected chi connectivity index (χ3v) is 2.95. The molecule has 0 aliphatic rings. The van der Waals surface area contributed by atoms with E-state index in [1.54, 1.807) is 18.3 Å². The molecule has 1 aromatic carbocycles. The van der Waals surface area contributed by atoms with E-state index in [1.165, 1.54) is 6.07 Å². The summed E-state index contributed by atoms with van der Waals surface area (Å²) in [7, 11) is 0. The zero-order valence-corrected chi connectivity index (χ0v) is 10.7. The van der Waals surface area contributed by atoms with Gasteiger partial charge in [-0.2, -0.15) is 0 Å². The number of hydrogen-bond donors (Lipinski definition) is 1. The van der Waals surface area contributed by atoms with Gasteiger partial charge in [-0.05, 0) is 45.8 Å². The Morgan fingerprint density at radius 2 is 2.06 bits per heavy atom. The molecule has 2 rings (SSSR count). The molecular weight excluding hydrogens is 283 g/mol. The van der Waals surface area contributed by atoms with Gasteiger partial charge in [0, 0.05) is 19.3 Å². The second kappa shape index (κ2) is 5.89. The van der Waals surface area contributed by atoms with Crippen molar-refractivity contribution in [2.75, 3.05) is 0 Å². The monoisotopic (exact) mass is 294 g/mol. The van der Waals surface area contributed by atoms with Crippen molar-refractivity contribution in [2.45, 2.75) is 13.1 Å². The molecule has 0 bridgehead atoms. The van der Waals surface area contributed by atoms with E-state index in [2.05, 4.69) is 26.2 Å². The Balaban J connectivity index is 1.88. The minimum Gasteiger partial charge on any atom is -0.307 e. The predicted molar refractivity (Wildman–Crippen MR) is 68.9 cm³/mol. The summed E-state index contributed by atoms with van der Waals surface area (Å²) < 4.78 is 13.5. The standard InChI is InChI=1S/C13H12BrFN2/c14-12-7-10(4-5-13(12)15)8-16-9-11-3-1-2-6-17-11/h1-7,16H,8-9H2. The molecule has 2 nitrogen and oxygen atoms in total. The number of aromatic nitrogens is 1. The molecule has 0 spiro atoms. The molecular formula is C13H12BrFN2. The highest BCUT2D eigenvalue weighted by Crippen LogP contribution is 2.16. The smallest absolute Gasteiger partial charge is 0.137 e. The van der Waals surface area contributed by atoms with Crippen LogP contribution in [-0.2, 0) is 13.1 Å². The fourth-order valence-electron chi connectivity index (χ4n) is 1.49. The van der Waals surface area contributed by atoms with Gasteiger partial charge < -0.3 is 5.32 Å². The molecule has 1 heterocycles. The van der Waals surface area contributed by atoms with Crippen LogP contribution in [0.25, 0.3) is 0 Å². The Hall–Kier alpha value is -1.26. The zero-order chi connectivity index (χ0) is 12.1. The summed E-state index contributed by atoms with van der Waals surface area (Å²) in [6.07, 6.45) is 1.77. The molecule has 0 aliphatic heterocycles. The number of pyridine rings is 1. The maximum Gasteiger partial charge on any atom is 0.137 e. The number of rotatable bonds is 4. The Kier molecular flexibility index (Phi) is 4.23. The van der Waals surface area contributed by atoms with Crippen LogP contribution in [0.2, 0.25) is 0 Å². The largest absolute Gasteiger partial charge is 0.307 e. The maximum atomic E-state index is 13.0. The summed E-state index contributed by atoms with van der Waals surface area (Å²) in [5.74, 6) is -0.238. The molecule has 0 unspecified atom stereocenters. The molecule has 0 amide bonds. The van der Waals surface area contributed by atoms with Crippen molar-refractivity contribution in [3.05, 3.63) is 64.1 Å². The number of nitrogens with one attached hydrogen (secondary N) is 1. The molecule has 4 heteroatoms. The maximum absolute atomic E-state index is 13.0. The molecule has 0 radical (unpaired) electrons. The first-order valence-electron chi connectivity index (χ1n) is 5.30. The Bertz CT molecular complexity index is 488. The van der Waals surface area contributed by atoms with E-state index in [-0.39, 0.29) is 5.82 Å². The molecule has 0 fully saturated rings. The normalized spacial score (nSPS) is 10.5. The van der Waals surface area contributed by atoms with Crippen molar-refractivity contribution in [1.29, 1.82) is 0 Å². The SMILES string of the molecule is Fc1ccc(CNCc2ccccn2)cc1Br. The van der Waals surface area contributed by atoms with Gasteiger partial charge in [0.15, 0.2) is 0 Å². The quantitative estimate of drug-likeness (QED) is 0.936. The van der Waals surface area contributed by atoms with Gasteiger partial charge in [0.25, 0.3) is 0 Å². The Morgan fingerprint density at radius 1 is 1.18 bits per heavy atom. The minimum atomic E-state index is -0.238. The van der Waals surface area contributed by atoms with Crippen molar-refractivity contribution in [3.8, 4) is 0 Å². The van der Waals surface area contributed by atoms with Crippen LogP contribution in [0.4, 0.5) is 4.39 Å². The zero-order valence-electron chi connectivity index (χ0n) is 9.16. The lowest BCUT2D eigenvalue weighted by molar-refractivity contribution is 0.617. The summed E-state index contributed by atoms with van der Waals surface area (Å²) in [6.45, 7) is 1.39. The van der Waals surface area contributed by atoms with E-state index in [0.29, 0.717) is 17.6 Å². The molecule has 1 N–H and O–H groups in total. The van der Waals surface area contributed by atoms with E-state index >= 15 is 0 Å². The van der Waals surface area contributed by atoms with Gasteiger partial charge >= 0.3 is 0 Å². The van der Waals surface area contributed by atoms with Gasteiger partial charge in [0.2, 0.25) is 0 Å². The van der Waals surface area contributed by atoms with Crippen LogP contribution in [0.15, 0.2) is 47.1 Å². The Labute approximate surface area is 108 Å². The van der Waals surface area contributed by atoms with Crippen LogP contribution in [0.1, 0.15) is 11.3 Å². The second-order valence-electron chi connectivity index (χ2n) is 3.67. The van der Waals surface area contributed by atoms with Gasteiger partial charge in [-0.1, -0.05) is 12.1 Å². The van der Waals surface area contributed by atoms with Crippen molar-refractivity contribution >= 4 is 15.9 Å². The van der Waals surface area contributed by atoms with Gasteiger partial charge in [-0.25, -0.2) is 4.39 Å². The summed E-state index contributed by atoms with van der Waals surface area (Å²) in [5, 5.41) is 3.26. The highest BCUT2D eigenvalue weighted by Gasteiger charge is 2.00. The van der Waals surface area contributed by atoms with E-state index in [9.17, 15) is 4.39 Å². The van der Waals surface area contributed by atoms with Crippen molar-refractivity contribution < 1.29 is 4.39 Å². The second-order valence-corrected chi connectivity index (χ2v) is 4.53. The van der Waals surface area contributed by atoms with Crippen molar-refractivity contribution in [2.24, 2.45) is 0 Å². The number of benzene rings is 1. The third-order valence-electron chi connectivity index (χ3n) is 2.35. The van der Waals surface area contributed by atoms with Crippen LogP contribution in [-0.4, -0.2) is 4.98 Å². The number of halogens is 2. The van der Waals surface area contributed by atoms with Gasteiger partial charge in [-0.3, -0.25) is 4.98 Å². The van der Waals surface area contributed by atoms with Crippen molar-refractivity contribution in [3.63, 3.8) is 0 Å². The molecule has 88 valence electrons. The lowest BCUT2D eigenvalue weighted by Gasteiger charge is -2.05. The van der Waals surface area contributed by atoms with E-state index in [0.717, 1.165) is 11.3 Å². The summed E-state index contributed by atoms with van der Waals surface area (Å²) in [4.78, 5) is 4.21. The van der Waals surface area contributed by atoms with E-state index in [4.69, 9.17) is 0 Å². The molecule has 0 saturated carbocycles. The third kappa shape index (κ3) is 3.61. The van der Waals surface area contributed by atoms with E-state index in [1.807, 2.05) is 18.2 Å². The van der Waals surface area contributed by atoms with Gasteiger partial charge in [0.1, 0.15) is 5.82 Å². The molecule has 1 aromatic heterocycles. The topological polar surface area (TPSA) is 24.9 Å². The van der Waals surface area contributed by atoms with Gasteiger partial charge in [0.05, 0.1) is 10.2 Å². The molecule has 2 aromatic rings. The molecule has 0 aliphatic carbocycles. The van der Waals surface area contributed by atoms with Crippen LogP contribution >= 0.6 is 15.9 Å². The molecule has 17 heavy (non-hydrogen) atoms. The Morgan fingerprint density at radius 3 is 2.76 bits per heavy atom. The lowest BCUT2D eigenvalue weighted by Crippen LogP contribution is -2.13. The summed E-state index contributed by atoms with van der Waals surface area (Å²) in [5.41, 5.74) is 2.03. The number of nitrogens with zero attached hydrogens (tertiary/aromatic N) is 1. The average molecular weight is 295 g/mol. The average Bonchev–Trinajstić information content (AvgIpc) is 2.35. The molecule has 0 atom stereocenters. The molecule has 0 saturated heterocycles. The first-order chi connectivity index (χ1) is 8.25. The van der Waals surface area contributed by atoms with Crippen LogP contribution in [0, 0.1) is 5.82 Å². The van der Waals surface area contributed by atoms with Crippen LogP contribution in [0.5, 0.6) is 0 Å².